The first-order valence-corrected chi connectivity index (χ1v) is 8.67. The summed E-state index contributed by atoms with van der Waals surface area (Å²) in [7, 11) is 3.48. The fraction of sp³-hybridized carbons (Fsp3) is 0.176. The molecule has 0 N–H and O–H groups in total. The summed E-state index contributed by atoms with van der Waals surface area (Å²) in [6.45, 7) is 2.01. The highest BCUT2D eigenvalue weighted by Crippen LogP contribution is 2.29. The summed E-state index contributed by atoms with van der Waals surface area (Å²) < 4.78 is 8.31. The number of ether oxygens (including phenoxy) is 1. The summed E-state index contributed by atoms with van der Waals surface area (Å²) in [6, 6.07) is 8.62. The van der Waals surface area contributed by atoms with Crippen molar-refractivity contribution in [2.24, 2.45) is 12.0 Å². The molecule has 0 saturated heterocycles. The highest BCUT2D eigenvalue weighted by molar-refractivity contribution is 7.16. The van der Waals surface area contributed by atoms with Crippen LogP contribution in [0.4, 0.5) is 0 Å². The lowest BCUT2D eigenvalue weighted by Gasteiger charge is -2.05. The lowest BCUT2D eigenvalue weighted by molar-refractivity contribution is 0.0998. The Balaban J connectivity index is 2.19. The minimum absolute atomic E-state index is 0.286. The van der Waals surface area contributed by atoms with Crippen molar-refractivity contribution in [3.63, 3.8) is 0 Å². The largest absolute Gasteiger partial charge is 0.495 e. The van der Waals surface area contributed by atoms with Crippen LogP contribution in [0.1, 0.15) is 15.9 Å². The summed E-state index contributed by atoms with van der Waals surface area (Å²) >= 11 is 13.4. The Morgan fingerprint density at radius 2 is 2.00 bits per heavy atom. The molecule has 1 amide bonds. The number of hydrogen-bond donors (Lipinski definition) is 0. The Morgan fingerprint density at radius 3 is 2.67 bits per heavy atom. The Hall–Kier alpha value is -1.82. The van der Waals surface area contributed by atoms with Gasteiger partial charge in [-0.3, -0.25) is 4.79 Å². The Labute approximate surface area is 152 Å². The predicted octanol–water partition coefficient (Wildman–Crippen LogP) is 4.60. The Kier molecular flexibility index (Phi) is 4.67. The monoisotopic (exact) mass is 380 g/mol. The molecule has 0 bridgehead atoms. The number of halogens is 2. The minimum Gasteiger partial charge on any atom is -0.495 e. The van der Waals surface area contributed by atoms with Crippen molar-refractivity contribution < 1.29 is 9.53 Å². The van der Waals surface area contributed by atoms with E-state index in [9.17, 15) is 4.79 Å². The van der Waals surface area contributed by atoms with Crippen molar-refractivity contribution in [2.75, 3.05) is 7.11 Å². The molecule has 0 fully saturated rings. The van der Waals surface area contributed by atoms with Crippen LogP contribution in [0.25, 0.3) is 10.2 Å². The molecule has 2 aromatic carbocycles. The van der Waals surface area contributed by atoms with Gasteiger partial charge in [0.05, 0.1) is 22.4 Å². The maximum Gasteiger partial charge on any atom is 0.281 e. The van der Waals surface area contributed by atoms with Crippen LogP contribution in [0.2, 0.25) is 10.0 Å². The van der Waals surface area contributed by atoms with E-state index in [1.807, 2.05) is 30.7 Å². The van der Waals surface area contributed by atoms with E-state index in [0.29, 0.717) is 15.4 Å². The standard InChI is InChI=1S/C17H14Cl2N2O2S/c1-9-4-7-13(23-3)14-15(9)24-17(21(14)2)20-16(22)11-6-5-10(18)8-12(11)19/h4-8H,1-3H3. The van der Waals surface area contributed by atoms with Crippen LogP contribution in [-0.2, 0) is 7.05 Å². The lowest BCUT2D eigenvalue weighted by atomic mass is 10.2. The van der Waals surface area contributed by atoms with E-state index in [4.69, 9.17) is 27.9 Å². The fourth-order valence-electron chi connectivity index (χ4n) is 2.43. The minimum atomic E-state index is -0.407. The number of aryl methyl sites for hydroxylation is 2. The van der Waals surface area contributed by atoms with E-state index in [2.05, 4.69) is 4.99 Å². The van der Waals surface area contributed by atoms with E-state index in [1.54, 1.807) is 19.2 Å². The molecule has 0 radical (unpaired) electrons. The van der Waals surface area contributed by atoms with E-state index in [1.165, 1.54) is 17.4 Å². The smallest absolute Gasteiger partial charge is 0.281 e. The number of hydrogen-bond acceptors (Lipinski definition) is 3. The molecule has 0 aliphatic rings. The normalized spacial score (nSPS) is 12.0. The molecule has 0 aliphatic heterocycles. The zero-order valence-electron chi connectivity index (χ0n) is 13.3. The van der Waals surface area contributed by atoms with Crippen LogP contribution < -0.4 is 9.54 Å². The average Bonchev–Trinajstić information content (AvgIpc) is 2.86. The van der Waals surface area contributed by atoms with Gasteiger partial charge in [-0.25, -0.2) is 0 Å². The summed E-state index contributed by atoms with van der Waals surface area (Å²) in [5.74, 6) is 0.336. The van der Waals surface area contributed by atoms with Gasteiger partial charge in [-0.2, -0.15) is 4.99 Å². The molecule has 3 aromatic rings. The number of fused-ring (bicyclic) bond motifs is 1. The first-order chi connectivity index (χ1) is 11.4. The molecule has 3 rings (SSSR count). The molecule has 24 heavy (non-hydrogen) atoms. The van der Waals surface area contributed by atoms with Gasteiger partial charge in [0.15, 0.2) is 4.80 Å². The molecular weight excluding hydrogens is 367 g/mol. The van der Waals surface area contributed by atoms with E-state index < -0.39 is 5.91 Å². The molecule has 4 nitrogen and oxygen atoms in total. The molecule has 0 atom stereocenters. The highest BCUT2D eigenvalue weighted by atomic mass is 35.5. The molecule has 124 valence electrons. The zero-order chi connectivity index (χ0) is 17.4. The number of rotatable bonds is 2. The van der Waals surface area contributed by atoms with Crippen LogP contribution in [0, 0.1) is 6.92 Å². The average molecular weight is 381 g/mol. The van der Waals surface area contributed by atoms with Crippen LogP contribution >= 0.6 is 34.5 Å². The Bertz CT molecular complexity index is 1020. The summed E-state index contributed by atoms with van der Waals surface area (Å²) in [5.41, 5.74) is 2.34. The second kappa shape index (κ2) is 6.59. The number of thiazole rings is 1. The Morgan fingerprint density at radius 1 is 1.25 bits per heavy atom. The molecule has 0 aliphatic carbocycles. The fourth-order valence-corrected chi connectivity index (χ4v) is 4.02. The van der Waals surface area contributed by atoms with Crippen molar-refractivity contribution in [3.05, 3.63) is 56.3 Å². The molecule has 0 spiro atoms. The number of nitrogens with zero attached hydrogens (tertiary/aromatic N) is 2. The van der Waals surface area contributed by atoms with Crippen molar-refractivity contribution >= 4 is 50.7 Å². The van der Waals surface area contributed by atoms with Gasteiger partial charge in [0, 0.05) is 12.1 Å². The topological polar surface area (TPSA) is 43.6 Å². The van der Waals surface area contributed by atoms with Crippen molar-refractivity contribution in [1.29, 1.82) is 0 Å². The van der Waals surface area contributed by atoms with E-state index in [-0.39, 0.29) is 5.02 Å². The predicted molar refractivity (Wildman–Crippen MR) is 98.4 cm³/mol. The second-order valence-electron chi connectivity index (χ2n) is 5.25. The number of benzene rings is 2. The third kappa shape index (κ3) is 2.95. The third-order valence-corrected chi connectivity index (χ3v) is 5.50. The molecule has 1 aromatic heterocycles. The van der Waals surface area contributed by atoms with Crippen molar-refractivity contribution in [2.45, 2.75) is 6.92 Å². The lowest BCUT2D eigenvalue weighted by Crippen LogP contribution is -2.13. The number of aromatic nitrogens is 1. The van der Waals surface area contributed by atoms with Crippen LogP contribution in [0.3, 0.4) is 0 Å². The maximum absolute atomic E-state index is 12.5. The van der Waals surface area contributed by atoms with Gasteiger partial charge in [0.25, 0.3) is 5.91 Å². The van der Waals surface area contributed by atoms with Crippen LogP contribution in [-0.4, -0.2) is 17.6 Å². The van der Waals surface area contributed by atoms with Gasteiger partial charge in [0.1, 0.15) is 11.3 Å². The maximum atomic E-state index is 12.5. The summed E-state index contributed by atoms with van der Waals surface area (Å²) in [5, 5.41) is 0.762. The van der Waals surface area contributed by atoms with Gasteiger partial charge in [0.2, 0.25) is 0 Å². The van der Waals surface area contributed by atoms with Crippen molar-refractivity contribution in [1.82, 2.24) is 4.57 Å². The molecule has 0 saturated carbocycles. The van der Waals surface area contributed by atoms with E-state index >= 15 is 0 Å². The van der Waals surface area contributed by atoms with Crippen LogP contribution in [0.5, 0.6) is 5.75 Å². The third-order valence-electron chi connectivity index (χ3n) is 3.69. The van der Waals surface area contributed by atoms with Crippen molar-refractivity contribution in [3.8, 4) is 5.75 Å². The molecule has 1 heterocycles. The summed E-state index contributed by atoms with van der Waals surface area (Å²) in [4.78, 5) is 17.3. The van der Waals surface area contributed by atoms with Gasteiger partial charge >= 0.3 is 0 Å². The SMILES string of the molecule is COc1ccc(C)c2sc(=NC(=O)c3ccc(Cl)cc3Cl)n(C)c12. The molecule has 7 heteroatoms. The quantitative estimate of drug-likeness (QED) is 0.651. The highest BCUT2D eigenvalue weighted by Gasteiger charge is 2.14. The van der Waals surface area contributed by atoms with Crippen LogP contribution in [0.15, 0.2) is 35.3 Å². The first kappa shape index (κ1) is 17.0. The van der Waals surface area contributed by atoms with Gasteiger partial charge < -0.3 is 9.30 Å². The number of methoxy groups -OCH3 is 1. The zero-order valence-corrected chi connectivity index (χ0v) is 15.6. The number of carbonyl (C=O) groups is 1. The second-order valence-corrected chi connectivity index (χ2v) is 7.07. The summed E-state index contributed by atoms with van der Waals surface area (Å²) in [6.07, 6.45) is 0. The molecule has 0 unspecified atom stereocenters. The van der Waals surface area contributed by atoms with Gasteiger partial charge in [-0.1, -0.05) is 40.6 Å². The van der Waals surface area contributed by atoms with E-state index in [0.717, 1.165) is 21.5 Å². The molecular formula is C17H14Cl2N2O2S. The van der Waals surface area contributed by atoms with Gasteiger partial charge in [-0.05, 0) is 36.8 Å². The first-order valence-electron chi connectivity index (χ1n) is 7.09. The number of carbonyl (C=O) groups excluding carboxylic acids is 1. The van der Waals surface area contributed by atoms with Gasteiger partial charge in [-0.15, -0.1) is 0 Å². The number of amides is 1.